The molecule has 0 spiro atoms. The van der Waals surface area contributed by atoms with E-state index in [0.29, 0.717) is 24.0 Å². The Bertz CT molecular complexity index is 1110. The van der Waals surface area contributed by atoms with Gasteiger partial charge in [-0.25, -0.2) is 8.78 Å². The van der Waals surface area contributed by atoms with Crippen LogP contribution in [0.25, 0.3) is 10.9 Å². The molecule has 0 fully saturated rings. The predicted molar refractivity (Wildman–Crippen MR) is 108 cm³/mol. The first-order valence-corrected chi connectivity index (χ1v) is 11.4. The van der Waals surface area contributed by atoms with Crippen LogP contribution in [0.5, 0.6) is 0 Å². The third-order valence-corrected chi connectivity index (χ3v) is 5.59. The molecular formula is C18H13F2IN4OS. The molecule has 1 amide bonds. The number of aromatic amines is 1. The van der Waals surface area contributed by atoms with Crippen molar-refractivity contribution >= 4 is 46.9 Å². The van der Waals surface area contributed by atoms with E-state index < -0.39 is 17.7 Å². The van der Waals surface area contributed by atoms with E-state index in [0.717, 1.165) is 17.3 Å². The lowest BCUT2D eigenvalue weighted by atomic mass is 9.95. The first kappa shape index (κ1) is 18.3. The largest absolute Gasteiger partial charge is 0.354 e. The average Bonchev–Trinajstić information content (AvgIpc) is 3.22. The second-order valence-corrected chi connectivity index (χ2v) is 7.84. The van der Waals surface area contributed by atoms with Crippen molar-refractivity contribution in [3.63, 3.8) is 0 Å². The second-order valence-electron chi connectivity index (χ2n) is 6.16. The van der Waals surface area contributed by atoms with Crippen LogP contribution in [0.4, 0.5) is 8.78 Å². The van der Waals surface area contributed by atoms with Crippen molar-refractivity contribution in [3.8, 4) is 11.2 Å². The van der Waals surface area contributed by atoms with Gasteiger partial charge < -0.3 is 9.88 Å². The lowest BCUT2D eigenvalue weighted by molar-refractivity contribution is -0.127. The molecule has 0 aliphatic carbocycles. The molecule has 3 heterocycles. The van der Waals surface area contributed by atoms with E-state index in [9.17, 15) is 13.6 Å². The molecule has 4 rings (SSSR count). The van der Waals surface area contributed by atoms with Crippen LogP contribution < -0.4 is 0 Å². The van der Waals surface area contributed by atoms with Crippen LogP contribution in [0.15, 0.2) is 24.4 Å². The van der Waals surface area contributed by atoms with Crippen molar-refractivity contribution in [2.75, 3.05) is 6.54 Å². The van der Waals surface area contributed by atoms with Crippen LogP contribution in [-0.2, 0) is 18.3 Å². The highest BCUT2D eigenvalue weighted by atomic mass is 127. The van der Waals surface area contributed by atoms with Crippen LogP contribution in [0.2, 0.25) is 0 Å². The highest BCUT2D eigenvalue weighted by Gasteiger charge is 2.36. The zero-order valence-electron chi connectivity index (χ0n) is 14.1. The lowest BCUT2D eigenvalue weighted by Crippen LogP contribution is -2.40. The van der Waals surface area contributed by atoms with Gasteiger partial charge in [-0.05, 0) is 38.3 Å². The van der Waals surface area contributed by atoms with E-state index in [1.54, 1.807) is 22.8 Å². The summed E-state index contributed by atoms with van der Waals surface area (Å²) in [6.07, 6.45) is 2.12. The Balaban J connectivity index is 1.93. The number of aromatic nitrogens is 3. The number of hydrogen-bond donors (Lipinski definition) is 1. The number of carbonyl (C=O) groups is 1. The van der Waals surface area contributed by atoms with Gasteiger partial charge in [0.2, 0.25) is 0 Å². The summed E-state index contributed by atoms with van der Waals surface area (Å²) < 4.78 is 29.7. The highest BCUT2D eigenvalue weighted by molar-refractivity contribution is 14.2. The van der Waals surface area contributed by atoms with Crippen LogP contribution >= 0.6 is 30.1 Å². The number of carbonyl (C=O) groups excluding carboxylic acids is 1. The molecule has 138 valence electrons. The number of nitrogens with one attached hydrogen (secondary N) is 1. The normalized spacial score (nSPS) is 16.1. The van der Waals surface area contributed by atoms with Crippen molar-refractivity contribution in [3.05, 3.63) is 53.0 Å². The van der Waals surface area contributed by atoms with Crippen molar-refractivity contribution < 1.29 is 13.6 Å². The number of halogens is 3. The van der Waals surface area contributed by atoms with Gasteiger partial charge in [-0.15, -0.1) is 0 Å². The van der Waals surface area contributed by atoms with E-state index in [4.69, 9.17) is 0 Å². The number of H-pyrrole nitrogens is 1. The quantitative estimate of drug-likeness (QED) is 0.412. The van der Waals surface area contributed by atoms with Gasteiger partial charge in [-0.1, -0.05) is 0 Å². The minimum absolute atomic E-state index is 0.247. The smallest absolute Gasteiger partial charge is 0.300 e. The fraction of sp³-hybridized carbons (Fsp3) is 0.222. The Morgan fingerprint density at radius 3 is 2.96 bits per heavy atom. The van der Waals surface area contributed by atoms with Gasteiger partial charge in [0.05, 0.1) is 11.2 Å². The number of rotatable bonds is 1. The number of amides is 1. The molecule has 2 aromatic heterocycles. The molecule has 1 aliphatic heterocycles. The minimum Gasteiger partial charge on any atom is -0.354 e. The topological polar surface area (TPSA) is 53.9 Å². The summed E-state index contributed by atoms with van der Waals surface area (Å²) in [6.45, 7) is 0.396. The Hall–Kier alpha value is -2.06. The average molecular weight is 498 g/mol. The second kappa shape index (κ2) is 7.16. The van der Waals surface area contributed by atoms with E-state index in [-0.39, 0.29) is 11.4 Å². The van der Waals surface area contributed by atoms with Crippen molar-refractivity contribution in [1.82, 2.24) is 19.7 Å². The lowest BCUT2D eigenvalue weighted by Gasteiger charge is -2.34. The van der Waals surface area contributed by atoms with Crippen molar-refractivity contribution in [2.24, 2.45) is 7.05 Å². The molecule has 5 nitrogen and oxygen atoms in total. The summed E-state index contributed by atoms with van der Waals surface area (Å²) in [4.78, 5) is 17.4. The molecule has 1 unspecified atom stereocenters. The Morgan fingerprint density at radius 2 is 2.26 bits per heavy atom. The SMILES string of the molecule is Cn1nccc1C1c2[nH]c3c(F)cc(F)cc3c2CCN1C(=O)C#CSI. The summed E-state index contributed by atoms with van der Waals surface area (Å²) in [6, 6.07) is 3.49. The van der Waals surface area contributed by atoms with Gasteiger partial charge in [-0.3, -0.25) is 9.48 Å². The third-order valence-electron chi connectivity index (χ3n) is 4.75. The molecule has 0 bridgehead atoms. The molecule has 0 radical (unpaired) electrons. The number of nitrogens with zero attached hydrogens (tertiary/aromatic N) is 3. The molecule has 0 saturated heterocycles. The fourth-order valence-corrected chi connectivity index (χ4v) is 4.08. The predicted octanol–water partition coefficient (Wildman–Crippen LogP) is 3.70. The maximum absolute atomic E-state index is 14.3. The fourth-order valence-electron chi connectivity index (χ4n) is 3.63. The molecule has 1 aliphatic rings. The van der Waals surface area contributed by atoms with E-state index in [1.807, 2.05) is 27.3 Å². The van der Waals surface area contributed by atoms with Gasteiger partial charge >= 0.3 is 0 Å². The van der Waals surface area contributed by atoms with Gasteiger partial charge in [0.15, 0.2) is 0 Å². The van der Waals surface area contributed by atoms with E-state index in [2.05, 4.69) is 21.3 Å². The maximum Gasteiger partial charge on any atom is 0.300 e. The number of fused-ring (bicyclic) bond motifs is 3. The van der Waals surface area contributed by atoms with Crippen LogP contribution in [-0.4, -0.2) is 32.1 Å². The van der Waals surface area contributed by atoms with Crippen molar-refractivity contribution in [2.45, 2.75) is 12.5 Å². The monoisotopic (exact) mass is 498 g/mol. The Kier molecular flexibility index (Phi) is 4.86. The first-order valence-electron chi connectivity index (χ1n) is 8.08. The minimum atomic E-state index is -0.651. The molecule has 9 heteroatoms. The Morgan fingerprint density at radius 1 is 1.44 bits per heavy atom. The van der Waals surface area contributed by atoms with Crippen LogP contribution in [0.3, 0.4) is 0 Å². The summed E-state index contributed by atoms with van der Waals surface area (Å²) >= 11 is 2.00. The molecular weight excluding hydrogens is 485 g/mol. The standard InChI is InChI=1S/C18H13F2IN4OS/c1-24-14(2-5-22-24)18-17-11(3-6-25(18)15(26)4-7-27-21)12-8-10(19)9-13(20)16(12)23-17/h2,5,8-9,18,23H,3,6H2,1H3. The summed E-state index contributed by atoms with van der Waals surface area (Å²) in [5, 5.41) is 7.42. The van der Waals surface area contributed by atoms with Gasteiger partial charge in [-0.2, -0.15) is 5.10 Å². The number of hydrogen-bond acceptors (Lipinski definition) is 3. The van der Waals surface area contributed by atoms with Crippen molar-refractivity contribution in [1.29, 1.82) is 0 Å². The number of benzene rings is 1. The summed E-state index contributed by atoms with van der Waals surface area (Å²) in [5.74, 6) is 1.02. The van der Waals surface area contributed by atoms with Gasteiger partial charge in [0.25, 0.3) is 5.91 Å². The third kappa shape index (κ3) is 3.10. The maximum atomic E-state index is 14.3. The summed E-state index contributed by atoms with van der Waals surface area (Å²) in [5.41, 5.74) is 2.49. The molecule has 1 aromatic carbocycles. The van der Waals surface area contributed by atoms with E-state index >= 15 is 0 Å². The van der Waals surface area contributed by atoms with Crippen LogP contribution in [0, 0.1) is 22.8 Å². The zero-order chi connectivity index (χ0) is 19.1. The molecule has 1 atom stereocenters. The molecule has 1 N–H and O–H groups in total. The van der Waals surface area contributed by atoms with E-state index in [1.165, 1.54) is 15.0 Å². The molecule has 0 saturated carbocycles. The van der Waals surface area contributed by atoms with Gasteiger partial charge in [0, 0.05) is 64.1 Å². The summed E-state index contributed by atoms with van der Waals surface area (Å²) in [7, 11) is 3.01. The number of aryl methyl sites for hydroxylation is 1. The van der Waals surface area contributed by atoms with Crippen LogP contribution in [0.1, 0.15) is 23.0 Å². The zero-order valence-corrected chi connectivity index (χ0v) is 17.1. The highest BCUT2D eigenvalue weighted by Crippen LogP contribution is 2.39. The molecule has 27 heavy (non-hydrogen) atoms. The Labute approximate surface area is 170 Å². The first-order chi connectivity index (χ1) is 13.0. The van der Waals surface area contributed by atoms with Gasteiger partial charge in [0.1, 0.15) is 17.7 Å². The molecule has 3 aromatic rings.